The molecule has 1 aromatic heterocycles. The van der Waals surface area contributed by atoms with Gasteiger partial charge in [-0.15, -0.1) is 0 Å². The van der Waals surface area contributed by atoms with Crippen LogP contribution in [0.15, 0.2) is 24.4 Å². The van der Waals surface area contributed by atoms with Gasteiger partial charge in [-0.3, -0.25) is 9.59 Å². The van der Waals surface area contributed by atoms with Crippen molar-refractivity contribution in [3.8, 4) is 0 Å². The minimum atomic E-state index is -5.26. The summed E-state index contributed by atoms with van der Waals surface area (Å²) in [6, 6.07) is 3.90. The SMILES string of the molecule is CCOC(=O)Cc1cccc2c1CC(n1cc(P(=O)([O-])[O-])nc1C(=O)OCC)C2=O. The molecule has 11 heteroatoms. The monoisotopic (exact) mass is 434 g/mol. The number of aromatic nitrogens is 2. The third kappa shape index (κ3) is 4.21. The van der Waals surface area contributed by atoms with E-state index in [0.29, 0.717) is 16.7 Å². The van der Waals surface area contributed by atoms with Gasteiger partial charge in [0.2, 0.25) is 5.82 Å². The van der Waals surface area contributed by atoms with E-state index in [1.54, 1.807) is 32.0 Å². The quantitative estimate of drug-likeness (QED) is 0.422. The van der Waals surface area contributed by atoms with Crippen LogP contribution in [0.5, 0.6) is 0 Å². The van der Waals surface area contributed by atoms with Gasteiger partial charge in [0.25, 0.3) is 0 Å². The summed E-state index contributed by atoms with van der Waals surface area (Å²) in [5.41, 5.74) is 0.691. The average molecular weight is 434 g/mol. The van der Waals surface area contributed by atoms with Crippen LogP contribution in [-0.4, -0.2) is 40.5 Å². The first kappa shape index (κ1) is 21.9. The van der Waals surface area contributed by atoms with Crippen molar-refractivity contribution < 1.29 is 38.2 Å². The first-order valence-corrected chi connectivity index (χ1v) is 10.8. The molecule has 0 N–H and O–H groups in total. The Hall–Kier alpha value is -2.81. The summed E-state index contributed by atoms with van der Waals surface area (Å²) in [6.07, 6.45) is 0.938. The van der Waals surface area contributed by atoms with Crippen molar-refractivity contribution in [1.29, 1.82) is 0 Å². The van der Waals surface area contributed by atoms with Crippen LogP contribution in [-0.2, 0) is 31.7 Å². The van der Waals surface area contributed by atoms with E-state index < -0.39 is 42.6 Å². The lowest BCUT2D eigenvalue weighted by molar-refractivity contribution is -0.308. The third-order valence-corrected chi connectivity index (χ3v) is 5.45. The molecule has 0 saturated carbocycles. The topological polar surface area (TPSA) is 151 Å². The molecule has 0 amide bonds. The molecule has 1 unspecified atom stereocenters. The number of esters is 2. The summed E-state index contributed by atoms with van der Waals surface area (Å²) < 4.78 is 22.3. The van der Waals surface area contributed by atoms with Crippen LogP contribution >= 0.6 is 7.60 Å². The van der Waals surface area contributed by atoms with Gasteiger partial charge in [-0.1, -0.05) is 18.2 Å². The highest BCUT2D eigenvalue weighted by Gasteiger charge is 2.36. The number of nitrogens with zero attached hydrogens (tertiary/aromatic N) is 2. The molecule has 10 nitrogen and oxygen atoms in total. The van der Waals surface area contributed by atoms with E-state index in [1.165, 1.54) is 0 Å². The number of imidazole rings is 1. The molecule has 0 aliphatic heterocycles. The van der Waals surface area contributed by atoms with Gasteiger partial charge in [0.15, 0.2) is 5.78 Å². The van der Waals surface area contributed by atoms with Crippen LogP contribution in [0.4, 0.5) is 0 Å². The lowest BCUT2D eigenvalue weighted by atomic mass is 10.0. The highest BCUT2D eigenvalue weighted by molar-refractivity contribution is 7.57. The van der Waals surface area contributed by atoms with Gasteiger partial charge in [-0.25, -0.2) is 9.78 Å². The van der Waals surface area contributed by atoms with E-state index >= 15 is 0 Å². The van der Waals surface area contributed by atoms with Gasteiger partial charge in [0, 0.05) is 18.2 Å². The van der Waals surface area contributed by atoms with Gasteiger partial charge < -0.3 is 28.4 Å². The van der Waals surface area contributed by atoms with Gasteiger partial charge in [-0.2, -0.15) is 0 Å². The Bertz CT molecular complexity index is 1050. The number of rotatable bonds is 7. The zero-order valence-electron chi connectivity index (χ0n) is 16.3. The van der Waals surface area contributed by atoms with Gasteiger partial charge in [0.1, 0.15) is 6.04 Å². The second-order valence-electron chi connectivity index (χ2n) is 6.56. The van der Waals surface area contributed by atoms with E-state index in [2.05, 4.69) is 4.98 Å². The Morgan fingerprint density at radius 1 is 1.23 bits per heavy atom. The number of benzene rings is 1. The largest absolute Gasteiger partial charge is 0.806 e. The average Bonchev–Trinajstić information content (AvgIpc) is 3.25. The van der Waals surface area contributed by atoms with Crippen LogP contribution < -0.4 is 15.2 Å². The molecule has 0 fully saturated rings. The van der Waals surface area contributed by atoms with Crippen molar-refractivity contribution in [3.05, 3.63) is 46.9 Å². The molecule has 0 spiro atoms. The maximum Gasteiger partial charge on any atom is 0.374 e. The molecule has 0 bridgehead atoms. The lowest BCUT2D eigenvalue weighted by Crippen LogP contribution is -2.26. The first-order chi connectivity index (χ1) is 14.2. The van der Waals surface area contributed by atoms with Crippen LogP contribution in [0.1, 0.15) is 52.0 Å². The summed E-state index contributed by atoms with van der Waals surface area (Å²) >= 11 is 0. The number of ketones is 1. The first-order valence-electron chi connectivity index (χ1n) is 9.26. The Balaban J connectivity index is 2.02. The zero-order chi connectivity index (χ0) is 22.1. The van der Waals surface area contributed by atoms with Crippen LogP contribution in [0.2, 0.25) is 0 Å². The third-order valence-electron chi connectivity index (χ3n) is 4.67. The molecule has 30 heavy (non-hydrogen) atoms. The van der Waals surface area contributed by atoms with Gasteiger partial charge >= 0.3 is 11.9 Å². The van der Waals surface area contributed by atoms with E-state index in [1.807, 2.05) is 0 Å². The fourth-order valence-electron chi connectivity index (χ4n) is 3.43. The van der Waals surface area contributed by atoms with Crippen LogP contribution in [0.3, 0.4) is 0 Å². The summed E-state index contributed by atoms with van der Waals surface area (Å²) in [5, 5.41) is 0. The molecular formula is C19H19N2O8P-2. The van der Waals surface area contributed by atoms with Gasteiger partial charge in [0.05, 0.1) is 25.1 Å². The molecule has 1 aromatic carbocycles. The van der Waals surface area contributed by atoms with Crippen molar-refractivity contribution in [2.45, 2.75) is 32.7 Å². The summed E-state index contributed by atoms with van der Waals surface area (Å²) in [7, 11) is -5.26. The number of Topliss-reactive ketones (excluding diaryl/α,β-unsaturated/α-hetero) is 1. The highest BCUT2D eigenvalue weighted by Crippen LogP contribution is 2.34. The maximum absolute atomic E-state index is 13.0. The molecule has 1 heterocycles. The van der Waals surface area contributed by atoms with E-state index in [-0.39, 0.29) is 26.1 Å². The molecule has 2 aromatic rings. The Morgan fingerprint density at radius 3 is 2.57 bits per heavy atom. The molecule has 1 aliphatic carbocycles. The van der Waals surface area contributed by atoms with Crippen molar-refractivity contribution in [2.75, 3.05) is 13.2 Å². The lowest BCUT2D eigenvalue weighted by Gasteiger charge is -2.26. The highest BCUT2D eigenvalue weighted by atomic mass is 31.2. The van der Waals surface area contributed by atoms with Crippen molar-refractivity contribution in [3.63, 3.8) is 0 Å². The number of hydrogen-bond acceptors (Lipinski definition) is 9. The van der Waals surface area contributed by atoms with Crippen molar-refractivity contribution >= 4 is 30.8 Å². The molecule has 160 valence electrons. The fraction of sp³-hybridized carbons (Fsp3) is 0.368. The van der Waals surface area contributed by atoms with Crippen molar-refractivity contribution in [1.82, 2.24) is 9.55 Å². The second-order valence-corrected chi connectivity index (χ2v) is 8.01. The Kier molecular flexibility index (Phi) is 6.21. The minimum Gasteiger partial charge on any atom is -0.806 e. The van der Waals surface area contributed by atoms with Crippen LogP contribution in [0.25, 0.3) is 0 Å². The van der Waals surface area contributed by atoms with E-state index in [4.69, 9.17) is 9.47 Å². The summed E-state index contributed by atoms with van der Waals surface area (Å²) in [6.45, 7) is 3.46. The number of carbonyl (C=O) groups excluding carboxylic acids is 3. The molecule has 3 rings (SSSR count). The number of fused-ring (bicyclic) bond motifs is 1. The summed E-state index contributed by atoms with van der Waals surface area (Å²) in [4.78, 5) is 63.6. The predicted molar refractivity (Wildman–Crippen MR) is 99.3 cm³/mol. The number of hydrogen-bond donors (Lipinski definition) is 0. The molecule has 0 saturated heterocycles. The molecular weight excluding hydrogens is 415 g/mol. The normalized spacial score (nSPS) is 15.7. The summed E-state index contributed by atoms with van der Waals surface area (Å²) in [5.74, 6) is -2.24. The van der Waals surface area contributed by atoms with E-state index in [0.717, 1.165) is 10.8 Å². The zero-order valence-corrected chi connectivity index (χ0v) is 17.2. The number of carbonyl (C=O) groups is 3. The molecule has 1 atom stereocenters. The Morgan fingerprint density at radius 2 is 1.93 bits per heavy atom. The van der Waals surface area contributed by atoms with E-state index in [9.17, 15) is 28.7 Å². The fourth-order valence-corrected chi connectivity index (χ4v) is 3.91. The molecule has 1 aliphatic rings. The molecule has 0 radical (unpaired) electrons. The van der Waals surface area contributed by atoms with Gasteiger partial charge in [-0.05, 0) is 32.6 Å². The van der Waals surface area contributed by atoms with Crippen LogP contribution in [0, 0.1) is 0 Å². The predicted octanol–water partition coefficient (Wildman–Crippen LogP) is -0.315. The van der Waals surface area contributed by atoms with Crippen molar-refractivity contribution in [2.24, 2.45) is 0 Å². The second kappa shape index (κ2) is 8.51. The minimum absolute atomic E-state index is 0.00400. The Labute approximate surface area is 172 Å². The standard InChI is InChI=1S/C19H21N2O8P/c1-3-28-16(22)8-11-6-5-7-12-13(11)9-14(17(12)23)21-10-15(30(25,26)27)20-18(21)19(24)29-4-2/h5-7,10,14H,3-4,8-9H2,1-2H3,(H2,25,26,27)/p-2. The smallest absolute Gasteiger partial charge is 0.374 e. The number of ether oxygens (including phenoxy) is 2. The maximum atomic E-state index is 13.0.